The van der Waals surface area contributed by atoms with Gasteiger partial charge in [-0.1, -0.05) is 54.6 Å². The highest BCUT2D eigenvalue weighted by molar-refractivity contribution is 5.81. The first-order valence-corrected chi connectivity index (χ1v) is 9.87. The molecule has 0 fully saturated rings. The van der Waals surface area contributed by atoms with Crippen LogP contribution in [0.3, 0.4) is 0 Å². The number of para-hydroxylation sites is 1. The van der Waals surface area contributed by atoms with Gasteiger partial charge in [0.2, 0.25) is 0 Å². The molecule has 0 heterocycles. The second-order valence-electron chi connectivity index (χ2n) is 7.52. The lowest BCUT2D eigenvalue weighted by Gasteiger charge is -2.19. The van der Waals surface area contributed by atoms with E-state index in [1.807, 2.05) is 54.6 Å². The van der Waals surface area contributed by atoms with E-state index in [-0.39, 0.29) is 0 Å². The molecule has 30 heavy (non-hydrogen) atoms. The number of benzene rings is 3. The third-order valence-electron chi connectivity index (χ3n) is 4.89. The SMILES string of the molecule is C=C(NO)c1ccc(C(Nc2cc(C)cc(Oc3ccccc3)c2C)=C(C)C)cc1. The summed E-state index contributed by atoms with van der Waals surface area (Å²) in [6.07, 6.45) is 0. The maximum Gasteiger partial charge on any atom is 0.132 e. The molecule has 3 N–H and O–H groups in total. The van der Waals surface area contributed by atoms with Gasteiger partial charge < -0.3 is 10.1 Å². The molecule has 0 atom stereocenters. The van der Waals surface area contributed by atoms with Gasteiger partial charge in [-0.25, -0.2) is 0 Å². The van der Waals surface area contributed by atoms with Gasteiger partial charge in [-0.3, -0.25) is 10.7 Å². The van der Waals surface area contributed by atoms with Crippen LogP contribution in [0, 0.1) is 13.8 Å². The van der Waals surface area contributed by atoms with E-state index in [9.17, 15) is 0 Å². The van der Waals surface area contributed by atoms with E-state index in [1.54, 1.807) is 0 Å². The summed E-state index contributed by atoms with van der Waals surface area (Å²) in [6.45, 7) is 12.1. The molecule has 3 aromatic carbocycles. The summed E-state index contributed by atoms with van der Waals surface area (Å²) in [5.74, 6) is 1.64. The van der Waals surface area contributed by atoms with Crippen molar-refractivity contribution in [3.8, 4) is 11.5 Å². The van der Waals surface area contributed by atoms with Gasteiger partial charge in [-0.05, 0) is 68.7 Å². The first-order chi connectivity index (χ1) is 14.4. The zero-order chi connectivity index (χ0) is 21.7. The number of anilines is 1. The minimum Gasteiger partial charge on any atom is -0.457 e. The normalized spacial score (nSPS) is 10.3. The zero-order valence-electron chi connectivity index (χ0n) is 17.9. The van der Waals surface area contributed by atoms with Gasteiger partial charge >= 0.3 is 0 Å². The summed E-state index contributed by atoms with van der Waals surface area (Å²) in [7, 11) is 0. The first kappa shape index (κ1) is 21.2. The number of ether oxygens (including phenoxy) is 1. The smallest absolute Gasteiger partial charge is 0.132 e. The summed E-state index contributed by atoms with van der Waals surface area (Å²) in [5.41, 5.74) is 9.79. The van der Waals surface area contributed by atoms with E-state index in [0.29, 0.717) is 5.70 Å². The van der Waals surface area contributed by atoms with Crippen LogP contribution in [0.25, 0.3) is 11.4 Å². The average molecular weight is 401 g/mol. The number of hydrogen-bond donors (Lipinski definition) is 3. The minimum absolute atomic E-state index is 0.463. The number of hydroxylamine groups is 1. The standard InChI is InChI=1S/C26H28N2O2/c1-17(2)26(22-13-11-21(12-14-22)20(5)28-29)27-24-15-18(3)16-25(19(24)4)30-23-9-7-6-8-10-23/h6-16,27-29H,5H2,1-4H3. The summed E-state index contributed by atoms with van der Waals surface area (Å²) in [6, 6.07) is 21.9. The van der Waals surface area contributed by atoms with Gasteiger partial charge in [0.1, 0.15) is 11.5 Å². The van der Waals surface area contributed by atoms with Gasteiger partial charge in [-0.2, -0.15) is 0 Å². The van der Waals surface area contributed by atoms with Crippen LogP contribution in [0.5, 0.6) is 11.5 Å². The average Bonchev–Trinajstić information content (AvgIpc) is 2.75. The number of aryl methyl sites for hydroxylation is 1. The Balaban J connectivity index is 1.93. The molecule has 0 bridgehead atoms. The maximum absolute atomic E-state index is 9.05. The van der Waals surface area contributed by atoms with E-state index in [1.165, 1.54) is 0 Å². The molecule has 0 aliphatic heterocycles. The van der Waals surface area contributed by atoms with Crippen LogP contribution in [0.15, 0.2) is 78.9 Å². The first-order valence-electron chi connectivity index (χ1n) is 9.87. The van der Waals surface area contributed by atoms with Crippen LogP contribution in [-0.4, -0.2) is 5.21 Å². The van der Waals surface area contributed by atoms with Crippen molar-refractivity contribution >= 4 is 17.1 Å². The monoisotopic (exact) mass is 400 g/mol. The van der Waals surface area contributed by atoms with Crippen LogP contribution in [-0.2, 0) is 0 Å². The van der Waals surface area contributed by atoms with Gasteiger partial charge in [0.25, 0.3) is 0 Å². The van der Waals surface area contributed by atoms with Gasteiger partial charge in [0, 0.05) is 16.9 Å². The molecular formula is C26H28N2O2. The molecule has 0 aliphatic rings. The van der Waals surface area contributed by atoms with Gasteiger partial charge in [0.15, 0.2) is 0 Å². The highest BCUT2D eigenvalue weighted by atomic mass is 16.5. The van der Waals surface area contributed by atoms with Crippen molar-refractivity contribution < 1.29 is 9.94 Å². The lowest BCUT2D eigenvalue weighted by atomic mass is 10.0. The Bertz CT molecular complexity index is 1060. The number of nitrogens with one attached hydrogen (secondary N) is 2. The van der Waals surface area contributed by atoms with Crippen molar-refractivity contribution in [1.29, 1.82) is 0 Å². The third kappa shape index (κ3) is 4.91. The molecule has 154 valence electrons. The lowest BCUT2D eigenvalue weighted by Crippen LogP contribution is -2.06. The molecule has 0 spiro atoms. The quantitative estimate of drug-likeness (QED) is 0.377. The molecule has 0 saturated heterocycles. The maximum atomic E-state index is 9.05. The lowest BCUT2D eigenvalue weighted by molar-refractivity contribution is 0.225. The molecule has 0 unspecified atom stereocenters. The summed E-state index contributed by atoms with van der Waals surface area (Å²) in [4.78, 5) is 0. The summed E-state index contributed by atoms with van der Waals surface area (Å²) < 4.78 is 6.14. The number of hydrogen-bond acceptors (Lipinski definition) is 4. The molecule has 4 nitrogen and oxygen atoms in total. The summed E-state index contributed by atoms with van der Waals surface area (Å²) >= 11 is 0. The molecule has 0 aromatic heterocycles. The molecule has 0 radical (unpaired) electrons. The molecule has 0 aliphatic carbocycles. The Labute approximate surface area is 178 Å². The fraction of sp³-hybridized carbons (Fsp3) is 0.154. The Hall–Kier alpha value is -3.50. The molecule has 0 amide bonds. The second-order valence-corrected chi connectivity index (χ2v) is 7.52. The Kier molecular flexibility index (Phi) is 6.60. The number of rotatable bonds is 7. The third-order valence-corrected chi connectivity index (χ3v) is 4.89. The fourth-order valence-electron chi connectivity index (χ4n) is 3.20. The van der Waals surface area contributed by atoms with Gasteiger partial charge in [0.05, 0.1) is 5.70 Å². The molecule has 0 saturated carbocycles. The van der Waals surface area contributed by atoms with Crippen molar-refractivity contribution in [3.05, 3.63) is 101 Å². The molecular weight excluding hydrogens is 372 g/mol. The topological polar surface area (TPSA) is 53.5 Å². The molecule has 4 heteroatoms. The zero-order valence-corrected chi connectivity index (χ0v) is 17.9. The van der Waals surface area contributed by atoms with E-state index in [4.69, 9.17) is 9.94 Å². The van der Waals surface area contributed by atoms with Gasteiger partial charge in [-0.15, -0.1) is 0 Å². The van der Waals surface area contributed by atoms with Crippen LogP contribution in [0.2, 0.25) is 0 Å². The number of allylic oxidation sites excluding steroid dienone is 1. The largest absolute Gasteiger partial charge is 0.457 e. The van der Waals surface area contributed by atoms with Crippen molar-refractivity contribution in [2.75, 3.05) is 5.32 Å². The predicted molar refractivity (Wildman–Crippen MR) is 125 cm³/mol. The van der Waals surface area contributed by atoms with E-state index < -0.39 is 0 Å². The van der Waals surface area contributed by atoms with Crippen LogP contribution < -0.4 is 15.5 Å². The van der Waals surface area contributed by atoms with Crippen molar-refractivity contribution in [2.24, 2.45) is 0 Å². The minimum atomic E-state index is 0.463. The Morgan fingerprint density at radius 2 is 1.53 bits per heavy atom. The highest BCUT2D eigenvalue weighted by Crippen LogP contribution is 2.34. The van der Waals surface area contributed by atoms with Crippen molar-refractivity contribution in [2.45, 2.75) is 27.7 Å². The second kappa shape index (κ2) is 9.33. The van der Waals surface area contributed by atoms with E-state index in [0.717, 1.165) is 50.7 Å². The van der Waals surface area contributed by atoms with Crippen molar-refractivity contribution in [3.63, 3.8) is 0 Å². The predicted octanol–water partition coefficient (Wildman–Crippen LogP) is 6.91. The fourth-order valence-corrected chi connectivity index (χ4v) is 3.20. The van der Waals surface area contributed by atoms with Crippen molar-refractivity contribution in [1.82, 2.24) is 5.48 Å². The van der Waals surface area contributed by atoms with E-state index >= 15 is 0 Å². The molecule has 3 rings (SSSR count). The molecule has 3 aromatic rings. The van der Waals surface area contributed by atoms with E-state index in [2.05, 4.69) is 57.2 Å². The van der Waals surface area contributed by atoms with Crippen LogP contribution in [0.1, 0.15) is 36.1 Å². The Morgan fingerprint density at radius 3 is 2.13 bits per heavy atom. The van der Waals surface area contributed by atoms with Crippen LogP contribution in [0.4, 0.5) is 5.69 Å². The summed E-state index contributed by atoms with van der Waals surface area (Å²) in [5, 5.41) is 12.7. The van der Waals surface area contributed by atoms with Crippen LogP contribution >= 0.6 is 0 Å². The Morgan fingerprint density at radius 1 is 0.900 bits per heavy atom. The highest BCUT2D eigenvalue weighted by Gasteiger charge is 2.12.